The van der Waals surface area contributed by atoms with Crippen molar-refractivity contribution in [3.63, 3.8) is 0 Å². The van der Waals surface area contributed by atoms with Gasteiger partial charge in [0.2, 0.25) is 0 Å². The number of nitrogens with zero attached hydrogens (tertiary/aromatic N) is 2. The highest BCUT2D eigenvalue weighted by molar-refractivity contribution is 7.93. The van der Waals surface area contributed by atoms with Gasteiger partial charge in [0.05, 0.1) is 22.0 Å². The summed E-state index contributed by atoms with van der Waals surface area (Å²) in [5.41, 5.74) is 1.38. The lowest BCUT2D eigenvalue weighted by atomic mass is 10.2. The van der Waals surface area contributed by atoms with E-state index in [9.17, 15) is 13.2 Å². The third-order valence-electron chi connectivity index (χ3n) is 4.38. The van der Waals surface area contributed by atoms with Crippen LogP contribution in [0.5, 0.6) is 0 Å². The first-order chi connectivity index (χ1) is 14.9. The number of rotatable bonds is 6. The number of benzene rings is 3. The molecule has 158 valence electrons. The number of hydrogen-bond donors (Lipinski definition) is 2. The summed E-state index contributed by atoms with van der Waals surface area (Å²) in [5.74, 6) is 0. The van der Waals surface area contributed by atoms with Crippen LogP contribution < -0.4 is 14.9 Å². The van der Waals surface area contributed by atoms with Gasteiger partial charge in [0.25, 0.3) is 10.0 Å². The lowest BCUT2D eigenvalue weighted by molar-refractivity contribution is 0.262. The molecule has 0 heterocycles. The second-order valence-corrected chi connectivity index (χ2v) is 8.62. The van der Waals surface area contributed by atoms with Gasteiger partial charge in [0.15, 0.2) is 0 Å². The molecule has 0 unspecified atom stereocenters. The Hall–Kier alpha value is -3.54. The van der Waals surface area contributed by atoms with Crippen LogP contribution in [0.3, 0.4) is 0 Å². The molecule has 0 aliphatic rings. The lowest BCUT2D eigenvalue weighted by Gasteiger charge is -2.23. The maximum absolute atomic E-state index is 13.3. The van der Waals surface area contributed by atoms with Gasteiger partial charge in [-0.1, -0.05) is 41.9 Å². The molecular weight excluding hydrogens is 436 g/mol. The molecule has 0 spiro atoms. The standard InChI is InChI=1S/C22H19ClN4O3S/c1-2-27(18-9-4-3-5-10-18)31(29,30)21-14-17(12-13-19(21)23)25-22(28)26-20-11-7-6-8-16(20)15-24/h3-14H,2H2,1H3,(H2,25,26,28). The van der Waals surface area contributed by atoms with Gasteiger partial charge in [-0.05, 0) is 49.4 Å². The zero-order valence-electron chi connectivity index (χ0n) is 16.5. The van der Waals surface area contributed by atoms with Crippen molar-refractivity contribution < 1.29 is 13.2 Å². The van der Waals surface area contributed by atoms with E-state index < -0.39 is 16.1 Å². The predicted molar refractivity (Wildman–Crippen MR) is 122 cm³/mol. The molecule has 0 radical (unpaired) electrons. The summed E-state index contributed by atoms with van der Waals surface area (Å²) in [6.07, 6.45) is 0. The molecule has 0 atom stereocenters. The molecule has 0 aliphatic heterocycles. The van der Waals surface area contributed by atoms with E-state index in [1.165, 1.54) is 22.5 Å². The zero-order valence-corrected chi connectivity index (χ0v) is 18.1. The van der Waals surface area contributed by atoms with Crippen LogP contribution in [0.15, 0.2) is 77.7 Å². The number of anilines is 3. The number of carbonyl (C=O) groups is 1. The highest BCUT2D eigenvalue weighted by Gasteiger charge is 2.26. The van der Waals surface area contributed by atoms with Crippen molar-refractivity contribution in [3.8, 4) is 6.07 Å². The van der Waals surface area contributed by atoms with Crippen molar-refractivity contribution in [2.75, 3.05) is 21.5 Å². The van der Waals surface area contributed by atoms with Crippen molar-refractivity contribution >= 4 is 44.7 Å². The second-order valence-electron chi connectivity index (χ2n) is 6.39. The van der Waals surface area contributed by atoms with Crippen LogP contribution in [-0.2, 0) is 10.0 Å². The molecule has 0 saturated heterocycles. The molecule has 0 bridgehead atoms. The fraction of sp³-hybridized carbons (Fsp3) is 0.0909. The van der Waals surface area contributed by atoms with Crippen molar-refractivity contribution in [2.45, 2.75) is 11.8 Å². The summed E-state index contributed by atoms with van der Waals surface area (Å²) < 4.78 is 27.8. The summed E-state index contributed by atoms with van der Waals surface area (Å²) in [4.78, 5) is 12.3. The van der Waals surface area contributed by atoms with Crippen LogP contribution in [0.2, 0.25) is 5.02 Å². The number of hydrogen-bond acceptors (Lipinski definition) is 4. The summed E-state index contributed by atoms with van der Waals surface area (Å²) in [6.45, 7) is 1.92. The second kappa shape index (κ2) is 9.51. The monoisotopic (exact) mass is 454 g/mol. The molecule has 2 amide bonds. The lowest BCUT2D eigenvalue weighted by Crippen LogP contribution is -2.31. The van der Waals surface area contributed by atoms with Crippen LogP contribution in [0.25, 0.3) is 0 Å². The van der Waals surface area contributed by atoms with E-state index in [2.05, 4.69) is 10.6 Å². The van der Waals surface area contributed by atoms with Crippen LogP contribution >= 0.6 is 11.6 Å². The number of nitrogens with one attached hydrogen (secondary N) is 2. The van der Waals surface area contributed by atoms with Gasteiger partial charge >= 0.3 is 6.03 Å². The minimum atomic E-state index is -3.98. The summed E-state index contributed by atoms with van der Waals surface area (Å²) >= 11 is 6.20. The Bertz CT molecular complexity index is 1240. The number of sulfonamides is 1. The van der Waals surface area contributed by atoms with Gasteiger partial charge in [-0.25, -0.2) is 13.2 Å². The molecule has 31 heavy (non-hydrogen) atoms. The number of carbonyl (C=O) groups excluding carboxylic acids is 1. The van der Waals surface area contributed by atoms with E-state index in [4.69, 9.17) is 16.9 Å². The van der Waals surface area contributed by atoms with E-state index in [-0.39, 0.29) is 22.2 Å². The highest BCUT2D eigenvalue weighted by atomic mass is 35.5. The van der Waals surface area contributed by atoms with E-state index in [0.29, 0.717) is 16.9 Å². The predicted octanol–water partition coefficient (Wildman–Crippen LogP) is 5.07. The van der Waals surface area contributed by atoms with Crippen molar-refractivity contribution in [1.29, 1.82) is 5.26 Å². The van der Waals surface area contributed by atoms with Gasteiger partial charge in [-0.15, -0.1) is 0 Å². The number of amides is 2. The van der Waals surface area contributed by atoms with Crippen molar-refractivity contribution in [2.24, 2.45) is 0 Å². The minimum absolute atomic E-state index is 0.0372. The fourth-order valence-corrected chi connectivity index (χ4v) is 4.93. The molecule has 0 aliphatic carbocycles. The number of para-hydroxylation sites is 2. The van der Waals surface area contributed by atoms with Crippen LogP contribution in [0.1, 0.15) is 12.5 Å². The largest absolute Gasteiger partial charge is 0.323 e. The molecule has 2 N–H and O–H groups in total. The first-order valence-electron chi connectivity index (χ1n) is 9.31. The average Bonchev–Trinajstić information content (AvgIpc) is 2.76. The molecule has 7 nitrogen and oxygen atoms in total. The van der Waals surface area contributed by atoms with Crippen LogP contribution in [0.4, 0.5) is 21.9 Å². The van der Waals surface area contributed by atoms with Crippen LogP contribution in [0, 0.1) is 11.3 Å². The molecule has 3 aromatic rings. The highest BCUT2D eigenvalue weighted by Crippen LogP contribution is 2.30. The Morgan fingerprint density at radius 1 is 1.03 bits per heavy atom. The smallest absolute Gasteiger partial charge is 0.308 e. The third kappa shape index (κ3) is 4.97. The van der Waals surface area contributed by atoms with Crippen molar-refractivity contribution in [1.82, 2.24) is 0 Å². The average molecular weight is 455 g/mol. The fourth-order valence-electron chi connectivity index (χ4n) is 2.96. The Morgan fingerprint density at radius 3 is 2.39 bits per heavy atom. The Kier molecular flexibility index (Phi) is 6.80. The van der Waals surface area contributed by atoms with E-state index in [1.807, 2.05) is 6.07 Å². The number of urea groups is 1. The van der Waals surface area contributed by atoms with E-state index in [1.54, 1.807) is 61.5 Å². The topological polar surface area (TPSA) is 102 Å². The van der Waals surface area contributed by atoms with E-state index >= 15 is 0 Å². The van der Waals surface area contributed by atoms with E-state index in [0.717, 1.165) is 0 Å². The SMILES string of the molecule is CCN(c1ccccc1)S(=O)(=O)c1cc(NC(=O)Nc2ccccc2C#N)ccc1Cl. The minimum Gasteiger partial charge on any atom is -0.308 e. The first-order valence-corrected chi connectivity index (χ1v) is 11.1. The summed E-state index contributed by atoms with van der Waals surface area (Å²) in [5, 5.41) is 14.3. The maximum atomic E-state index is 13.3. The third-order valence-corrected chi connectivity index (χ3v) is 6.77. The molecule has 0 saturated carbocycles. The number of nitriles is 1. The Morgan fingerprint density at radius 2 is 1.71 bits per heavy atom. The molecular formula is C22H19ClN4O3S. The molecule has 0 aromatic heterocycles. The van der Waals surface area contributed by atoms with Gasteiger partial charge in [0.1, 0.15) is 11.0 Å². The van der Waals surface area contributed by atoms with Gasteiger partial charge < -0.3 is 10.6 Å². The molecule has 9 heteroatoms. The Labute approximate surface area is 185 Å². The van der Waals surface area contributed by atoms with Crippen LogP contribution in [-0.4, -0.2) is 21.0 Å². The molecule has 3 rings (SSSR count). The van der Waals surface area contributed by atoms with Gasteiger partial charge in [-0.2, -0.15) is 5.26 Å². The van der Waals surface area contributed by atoms with Gasteiger partial charge in [-0.3, -0.25) is 4.31 Å². The first kappa shape index (κ1) is 22.2. The normalized spacial score (nSPS) is 10.7. The van der Waals surface area contributed by atoms with Crippen molar-refractivity contribution in [3.05, 3.63) is 83.4 Å². The summed E-state index contributed by atoms with van der Waals surface area (Å²) in [7, 11) is -3.98. The molecule has 3 aromatic carbocycles. The summed E-state index contributed by atoms with van der Waals surface area (Å²) in [6, 6.07) is 20.8. The van der Waals surface area contributed by atoms with Gasteiger partial charge in [0, 0.05) is 12.2 Å². The Balaban J connectivity index is 1.88. The molecule has 0 fully saturated rings. The maximum Gasteiger partial charge on any atom is 0.323 e. The quantitative estimate of drug-likeness (QED) is 0.542. The number of halogens is 1. The zero-order chi connectivity index (χ0) is 22.4.